The predicted octanol–water partition coefficient (Wildman–Crippen LogP) is 3.92. The van der Waals surface area contributed by atoms with E-state index in [4.69, 9.17) is 0 Å². The van der Waals surface area contributed by atoms with Crippen molar-refractivity contribution in [2.45, 2.75) is 25.7 Å². The van der Waals surface area contributed by atoms with Crippen LogP contribution in [0.25, 0.3) is 10.9 Å². The van der Waals surface area contributed by atoms with Crippen molar-refractivity contribution in [3.05, 3.63) is 24.3 Å². The molecule has 2 saturated carbocycles. The minimum Gasteiger partial charge on any atom is -0.493 e. The zero-order chi connectivity index (χ0) is 14.4. The van der Waals surface area contributed by atoms with Gasteiger partial charge in [0.15, 0.2) is 5.69 Å². The number of hydrogen-bond donors (Lipinski definition) is 2. The highest BCUT2D eigenvalue weighted by Crippen LogP contribution is 2.48. The monoisotopic (exact) mass is 283 g/mol. The van der Waals surface area contributed by atoms with Crippen LogP contribution in [0.4, 0.5) is 5.69 Å². The summed E-state index contributed by atoms with van der Waals surface area (Å²) in [6.45, 7) is 0. The standard InChI is InChI=1S/C16H17N3O2/c20-15(12-8-9-5-6-10(12)7-9)19-18-14-11-3-1-2-4-13(11)17-16(14)21/h1-4,9-10,12,17,21H,5-8H2/t9-,10-,12-/m1/s1. The number of aromatic nitrogens is 1. The van der Waals surface area contributed by atoms with Gasteiger partial charge >= 0.3 is 0 Å². The molecule has 2 aromatic rings. The highest BCUT2D eigenvalue weighted by atomic mass is 16.3. The van der Waals surface area contributed by atoms with Gasteiger partial charge in [0.05, 0.1) is 5.52 Å². The first-order valence-corrected chi connectivity index (χ1v) is 7.47. The Balaban J connectivity index is 1.59. The number of fused-ring (bicyclic) bond motifs is 3. The van der Waals surface area contributed by atoms with E-state index in [-0.39, 0.29) is 17.7 Å². The molecule has 0 unspecified atom stereocenters. The summed E-state index contributed by atoms with van der Waals surface area (Å²) >= 11 is 0. The number of nitrogens with zero attached hydrogens (tertiary/aromatic N) is 2. The van der Waals surface area contributed by atoms with Crippen molar-refractivity contribution in [3.63, 3.8) is 0 Å². The molecule has 5 nitrogen and oxygen atoms in total. The largest absolute Gasteiger partial charge is 0.493 e. The summed E-state index contributed by atoms with van der Waals surface area (Å²) in [6.07, 6.45) is 4.54. The van der Waals surface area contributed by atoms with Crippen molar-refractivity contribution in [3.8, 4) is 5.88 Å². The fourth-order valence-corrected chi connectivity index (χ4v) is 3.93. The predicted molar refractivity (Wildman–Crippen MR) is 78.4 cm³/mol. The second-order valence-electron chi connectivity index (χ2n) is 6.19. The lowest BCUT2D eigenvalue weighted by Gasteiger charge is -2.17. The highest BCUT2D eigenvalue weighted by Gasteiger charge is 2.43. The van der Waals surface area contributed by atoms with Gasteiger partial charge in [0.2, 0.25) is 5.88 Å². The molecular formula is C16H17N3O2. The average Bonchev–Trinajstić information content (AvgIpc) is 3.18. The van der Waals surface area contributed by atoms with E-state index in [1.807, 2.05) is 24.3 Å². The van der Waals surface area contributed by atoms with Crippen molar-refractivity contribution in [1.29, 1.82) is 0 Å². The maximum atomic E-state index is 12.2. The first-order valence-electron chi connectivity index (χ1n) is 7.47. The van der Waals surface area contributed by atoms with Gasteiger partial charge in [-0.05, 0) is 37.2 Å². The molecule has 5 heteroatoms. The average molecular weight is 283 g/mol. The molecular weight excluding hydrogens is 266 g/mol. The molecule has 21 heavy (non-hydrogen) atoms. The minimum atomic E-state index is -0.133. The maximum Gasteiger partial charge on any atom is 0.268 e. The number of benzene rings is 1. The van der Waals surface area contributed by atoms with E-state index in [2.05, 4.69) is 15.2 Å². The summed E-state index contributed by atoms with van der Waals surface area (Å²) < 4.78 is 0. The van der Waals surface area contributed by atoms with Crippen molar-refractivity contribution >= 4 is 22.5 Å². The lowest BCUT2D eigenvalue weighted by molar-refractivity contribution is -0.123. The molecule has 1 aromatic heterocycles. The number of rotatable bonds is 2. The molecule has 0 radical (unpaired) electrons. The van der Waals surface area contributed by atoms with E-state index in [0.29, 0.717) is 17.5 Å². The van der Waals surface area contributed by atoms with Crippen LogP contribution in [0.5, 0.6) is 5.88 Å². The number of carbonyl (C=O) groups is 1. The van der Waals surface area contributed by atoms with Crippen LogP contribution in [0.3, 0.4) is 0 Å². The van der Waals surface area contributed by atoms with Gasteiger partial charge in [0.1, 0.15) is 0 Å². The molecule has 2 bridgehead atoms. The Hall–Kier alpha value is -2.17. The summed E-state index contributed by atoms with van der Waals surface area (Å²) in [4.78, 5) is 15.1. The van der Waals surface area contributed by atoms with Gasteiger partial charge in [-0.25, -0.2) is 0 Å². The van der Waals surface area contributed by atoms with Crippen LogP contribution in [-0.2, 0) is 4.79 Å². The number of H-pyrrole nitrogens is 1. The molecule has 0 spiro atoms. The van der Waals surface area contributed by atoms with E-state index >= 15 is 0 Å². The molecule has 2 aliphatic carbocycles. The van der Waals surface area contributed by atoms with Gasteiger partial charge in [-0.15, -0.1) is 10.2 Å². The molecule has 2 aliphatic rings. The fourth-order valence-electron chi connectivity index (χ4n) is 3.93. The lowest BCUT2D eigenvalue weighted by Crippen LogP contribution is -2.18. The Kier molecular flexibility index (Phi) is 2.80. The van der Waals surface area contributed by atoms with Gasteiger partial charge in [-0.1, -0.05) is 24.6 Å². The second-order valence-corrected chi connectivity index (χ2v) is 6.19. The van der Waals surface area contributed by atoms with Gasteiger partial charge in [-0.2, -0.15) is 0 Å². The van der Waals surface area contributed by atoms with Crippen molar-refractivity contribution in [2.75, 3.05) is 0 Å². The summed E-state index contributed by atoms with van der Waals surface area (Å²) in [7, 11) is 0. The normalized spacial score (nSPS) is 27.9. The number of nitrogens with one attached hydrogen (secondary N) is 1. The van der Waals surface area contributed by atoms with E-state index in [0.717, 1.165) is 23.7 Å². The highest BCUT2D eigenvalue weighted by molar-refractivity contribution is 5.94. The summed E-state index contributed by atoms with van der Waals surface area (Å²) in [5.74, 6) is 1.08. The van der Waals surface area contributed by atoms with Gasteiger partial charge in [0.25, 0.3) is 5.91 Å². The number of azo groups is 1. The van der Waals surface area contributed by atoms with Gasteiger partial charge in [0, 0.05) is 11.3 Å². The first-order chi connectivity index (χ1) is 10.2. The molecule has 2 N–H and O–H groups in total. The lowest BCUT2D eigenvalue weighted by atomic mass is 9.88. The number of hydrogen-bond acceptors (Lipinski definition) is 3. The Morgan fingerprint density at radius 3 is 2.86 bits per heavy atom. The smallest absolute Gasteiger partial charge is 0.268 e. The molecule has 1 heterocycles. The Labute approximate surface area is 122 Å². The number of carbonyl (C=O) groups excluding carboxylic acids is 1. The Morgan fingerprint density at radius 1 is 1.24 bits per heavy atom. The molecule has 108 valence electrons. The zero-order valence-corrected chi connectivity index (χ0v) is 11.6. The summed E-state index contributed by atoms with van der Waals surface area (Å²) in [5, 5.41) is 18.6. The van der Waals surface area contributed by atoms with Crippen LogP contribution in [0.2, 0.25) is 0 Å². The number of amides is 1. The summed E-state index contributed by atoms with van der Waals surface area (Å²) in [5.41, 5.74) is 1.14. The molecule has 1 amide bonds. The molecule has 1 aromatic carbocycles. The third kappa shape index (κ3) is 2.04. The SMILES string of the molecule is O=C(N=Nc1c(O)[nH]c2ccccc12)[C@@H]1C[C@@H]2CC[C@@H]1C2. The number of para-hydroxylation sites is 1. The fraction of sp³-hybridized carbons (Fsp3) is 0.438. The zero-order valence-electron chi connectivity index (χ0n) is 11.6. The van der Waals surface area contributed by atoms with Crippen LogP contribution in [0.15, 0.2) is 34.5 Å². The minimum absolute atomic E-state index is 0.0410. The van der Waals surface area contributed by atoms with Crippen molar-refractivity contribution < 1.29 is 9.90 Å². The third-order valence-corrected chi connectivity index (χ3v) is 4.96. The molecule has 0 aliphatic heterocycles. The molecule has 2 fully saturated rings. The van der Waals surface area contributed by atoms with Crippen molar-refractivity contribution in [1.82, 2.24) is 4.98 Å². The molecule has 4 rings (SSSR count). The van der Waals surface area contributed by atoms with Crippen LogP contribution in [0, 0.1) is 17.8 Å². The van der Waals surface area contributed by atoms with Gasteiger partial charge in [-0.3, -0.25) is 4.79 Å². The Morgan fingerprint density at radius 2 is 2.10 bits per heavy atom. The van der Waals surface area contributed by atoms with Crippen molar-refractivity contribution in [2.24, 2.45) is 28.0 Å². The maximum absolute atomic E-state index is 12.2. The van der Waals surface area contributed by atoms with E-state index < -0.39 is 0 Å². The van der Waals surface area contributed by atoms with Crippen LogP contribution < -0.4 is 0 Å². The van der Waals surface area contributed by atoms with Crippen LogP contribution in [0.1, 0.15) is 25.7 Å². The van der Waals surface area contributed by atoms with E-state index in [1.54, 1.807) is 0 Å². The van der Waals surface area contributed by atoms with Crippen LogP contribution >= 0.6 is 0 Å². The third-order valence-electron chi connectivity index (χ3n) is 4.96. The second kappa shape index (κ2) is 4.69. The first kappa shape index (κ1) is 12.6. The topological polar surface area (TPSA) is 77.8 Å². The number of aromatic amines is 1. The molecule has 0 saturated heterocycles. The number of aromatic hydroxyl groups is 1. The summed E-state index contributed by atoms with van der Waals surface area (Å²) in [6, 6.07) is 7.44. The molecule has 3 atom stereocenters. The Bertz CT molecular complexity index is 734. The van der Waals surface area contributed by atoms with Gasteiger partial charge < -0.3 is 10.1 Å². The van der Waals surface area contributed by atoms with E-state index in [9.17, 15) is 9.90 Å². The quantitative estimate of drug-likeness (QED) is 0.819. The van der Waals surface area contributed by atoms with E-state index in [1.165, 1.54) is 12.8 Å². The van der Waals surface area contributed by atoms with Crippen LogP contribution in [-0.4, -0.2) is 16.0 Å².